The second kappa shape index (κ2) is 3.02. The van der Waals surface area contributed by atoms with Crippen molar-refractivity contribution in [1.29, 1.82) is 0 Å². The van der Waals surface area contributed by atoms with Gasteiger partial charge in [0.25, 0.3) is 0 Å². The summed E-state index contributed by atoms with van der Waals surface area (Å²) < 4.78 is 10.1. The van der Waals surface area contributed by atoms with E-state index < -0.39 is 0 Å². The van der Waals surface area contributed by atoms with E-state index in [9.17, 15) is 0 Å². The van der Waals surface area contributed by atoms with Gasteiger partial charge < -0.3 is 14.6 Å². The van der Waals surface area contributed by atoms with Crippen molar-refractivity contribution in [3.05, 3.63) is 0 Å². The number of hydrogen-bond donors (Lipinski definition) is 0. The quantitative estimate of drug-likeness (QED) is 0.421. The molecule has 0 saturated carbocycles. The van der Waals surface area contributed by atoms with Crippen LogP contribution in [0.15, 0.2) is 0 Å². The minimum absolute atomic E-state index is 0.0312. The molecule has 1 unspecified atom stereocenters. The average Bonchev–Trinajstić information content (AvgIpc) is 1.90. The number of ether oxygens (including phenoxy) is 2. The smallest absolute Gasteiger partial charge is 0.172 e. The molecule has 3 nitrogen and oxygen atoms in total. The standard InChI is InChI=1S/C5H10O3/c6-3-5-4-7-1-2-8-5/h5-6H,1-4H2/p+1. The lowest BCUT2D eigenvalue weighted by Gasteiger charge is -2.18. The first-order valence-electron chi connectivity index (χ1n) is 2.77. The van der Waals surface area contributed by atoms with E-state index in [-0.39, 0.29) is 6.10 Å². The Morgan fingerprint density at radius 3 is 2.75 bits per heavy atom. The lowest BCUT2D eigenvalue weighted by atomic mass is 10.4. The molecule has 8 heavy (non-hydrogen) atoms. The Kier molecular flexibility index (Phi) is 2.27. The molecule has 0 aromatic rings. The zero-order valence-electron chi connectivity index (χ0n) is 4.72. The SMILES string of the molecule is [OH2+]CC1COCCO1. The van der Waals surface area contributed by atoms with E-state index in [0.717, 1.165) is 0 Å². The Bertz CT molecular complexity index is 58.7. The minimum Gasteiger partial charge on any atom is -0.443 e. The molecule has 0 spiro atoms. The first-order valence-corrected chi connectivity index (χ1v) is 2.77. The largest absolute Gasteiger partial charge is 0.443 e. The van der Waals surface area contributed by atoms with Crippen molar-refractivity contribution < 1.29 is 14.6 Å². The van der Waals surface area contributed by atoms with E-state index >= 15 is 0 Å². The summed E-state index contributed by atoms with van der Waals surface area (Å²) >= 11 is 0. The Hall–Kier alpha value is -0.120. The minimum atomic E-state index is 0.0312. The number of rotatable bonds is 1. The summed E-state index contributed by atoms with van der Waals surface area (Å²) in [5, 5.41) is 6.89. The third kappa shape index (κ3) is 1.43. The van der Waals surface area contributed by atoms with Crippen molar-refractivity contribution in [3.63, 3.8) is 0 Å². The normalized spacial score (nSPS) is 30.4. The molecule has 1 fully saturated rings. The fourth-order valence-corrected chi connectivity index (χ4v) is 0.654. The van der Waals surface area contributed by atoms with Gasteiger partial charge in [-0.3, -0.25) is 0 Å². The van der Waals surface area contributed by atoms with E-state index in [1.165, 1.54) is 0 Å². The predicted octanol–water partition coefficient (Wildman–Crippen LogP) is -0.874. The van der Waals surface area contributed by atoms with Crippen molar-refractivity contribution >= 4 is 0 Å². The Morgan fingerprint density at radius 1 is 1.50 bits per heavy atom. The monoisotopic (exact) mass is 119 g/mol. The topological polar surface area (TPSA) is 41.4 Å². The molecule has 1 saturated heterocycles. The number of hydrogen-bond acceptors (Lipinski definition) is 2. The molecule has 0 bridgehead atoms. The van der Waals surface area contributed by atoms with Crippen LogP contribution in [-0.4, -0.2) is 37.6 Å². The molecular weight excluding hydrogens is 108 g/mol. The van der Waals surface area contributed by atoms with E-state index in [1.54, 1.807) is 0 Å². The van der Waals surface area contributed by atoms with Crippen LogP contribution in [0.25, 0.3) is 0 Å². The Balaban J connectivity index is 2.13. The highest BCUT2D eigenvalue weighted by Crippen LogP contribution is 1.97. The van der Waals surface area contributed by atoms with Gasteiger partial charge in [0.15, 0.2) is 6.61 Å². The molecule has 0 radical (unpaired) electrons. The molecule has 1 heterocycles. The lowest BCUT2D eigenvalue weighted by molar-refractivity contribution is -0.105. The van der Waals surface area contributed by atoms with Crippen LogP contribution >= 0.6 is 0 Å². The predicted molar refractivity (Wildman–Crippen MR) is 29.0 cm³/mol. The fraction of sp³-hybridized carbons (Fsp3) is 1.00. The summed E-state index contributed by atoms with van der Waals surface area (Å²) in [5.74, 6) is 0. The van der Waals surface area contributed by atoms with Gasteiger partial charge in [-0.15, -0.1) is 0 Å². The van der Waals surface area contributed by atoms with Gasteiger partial charge in [-0.2, -0.15) is 0 Å². The third-order valence-corrected chi connectivity index (χ3v) is 1.11. The van der Waals surface area contributed by atoms with Crippen molar-refractivity contribution in [1.82, 2.24) is 0 Å². The summed E-state index contributed by atoms with van der Waals surface area (Å²) in [6.07, 6.45) is 0.0312. The Morgan fingerprint density at radius 2 is 2.38 bits per heavy atom. The highest BCUT2D eigenvalue weighted by molar-refractivity contribution is 4.56. The van der Waals surface area contributed by atoms with E-state index in [4.69, 9.17) is 14.6 Å². The van der Waals surface area contributed by atoms with E-state index in [2.05, 4.69) is 0 Å². The molecule has 0 aromatic carbocycles. The second-order valence-corrected chi connectivity index (χ2v) is 1.77. The van der Waals surface area contributed by atoms with E-state index in [0.29, 0.717) is 26.4 Å². The zero-order valence-corrected chi connectivity index (χ0v) is 4.72. The summed E-state index contributed by atoms with van der Waals surface area (Å²) in [5.41, 5.74) is 0. The molecule has 1 aliphatic heterocycles. The van der Waals surface area contributed by atoms with Crippen molar-refractivity contribution in [3.8, 4) is 0 Å². The van der Waals surface area contributed by atoms with Gasteiger partial charge in [0.2, 0.25) is 0 Å². The second-order valence-electron chi connectivity index (χ2n) is 1.77. The molecule has 3 heteroatoms. The first-order chi connectivity index (χ1) is 3.93. The van der Waals surface area contributed by atoms with Gasteiger partial charge >= 0.3 is 0 Å². The molecule has 0 amide bonds. The first kappa shape index (κ1) is 6.01. The third-order valence-electron chi connectivity index (χ3n) is 1.11. The fourth-order valence-electron chi connectivity index (χ4n) is 0.654. The highest BCUT2D eigenvalue weighted by Gasteiger charge is 2.13. The Labute approximate surface area is 48.2 Å². The molecule has 1 rings (SSSR count). The van der Waals surface area contributed by atoms with Crippen molar-refractivity contribution in [2.45, 2.75) is 6.10 Å². The van der Waals surface area contributed by atoms with Crippen LogP contribution < -0.4 is 0 Å². The van der Waals surface area contributed by atoms with Gasteiger partial charge in [-0.1, -0.05) is 0 Å². The maximum Gasteiger partial charge on any atom is 0.172 e. The van der Waals surface area contributed by atoms with Crippen LogP contribution in [0.3, 0.4) is 0 Å². The van der Waals surface area contributed by atoms with Crippen LogP contribution in [0, 0.1) is 0 Å². The molecule has 1 aliphatic rings. The maximum absolute atomic E-state index is 6.89. The summed E-state index contributed by atoms with van der Waals surface area (Å²) in [7, 11) is 0. The van der Waals surface area contributed by atoms with Crippen molar-refractivity contribution in [2.24, 2.45) is 0 Å². The van der Waals surface area contributed by atoms with Crippen LogP contribution in [0.1, 0.15) is 0 Å². The molecular formula is C5H11O3+. The van der Waals surface area contributed by atoms with Gasteiger partial charge in [0.1, 0.15) is 6.10 Å². The molecule has 48 valence electrons. The van der Waals surface area contributed by atoms with Gasteiger partial charge in [-0.25, -0.2) is 0 Å². The lowest BCUT2D eigenvalue weighted by Crippen LogP contribution is -2.31. The van der Waals surface area contributed by atoms with Gasteiger partial charge in [0, 0.05) is 0 Å². The van der Waals surface area contributed by atoms with Crippen LogP contribution in [0.2, 0.25) is 0 Å². The van der Waals surface area contributed by atoms with Crippen molar-refractivity contribution in [2.75, 3.05) is 26.4 Å². The van der Waals surface area contributed by atoms with Gasteiger partial charge in [-0.05, 0) is 0 Å². The summed E-state index contributed by atoms with van der Waals surface area (Å²) in [6, 6.07) is 0. The molecule has 0 aliphatic carbocycles. The highest BCUT2D eigenvalue weighted by atomic mass is 16.6. The van der Waals surface area contributed by atoms with Gasteiger partial charge in [0.05, 0.1) is 19.8 Å². The van der Waals surface area contributed by atoms with Crippen LogP contribution in [-0.2, 0) is 9.47 Å². The maximum atomic E-state index is 6.89. The van der Waals surface area contributed by atoms with Crippen LogP contribution in [0.4, 0.5) is 0 Å². The molecule has 0 aromatic heterocycles. The average molecular weight is 119 g/mol. The summed E-state index contributed by atoms with van der Waals surface area (Å²) in [4.78, 5) is 0. The van der Waals surface area contributed by atoms with Crippen LogP contribution in [0.5, 0.6) is 0 Å². The van der Waals surface area contributed by atoms with E-state index in [1.807, 2.05) is 0 Å². The zero-order chi connectivity index (χ0) is 5.82. The molecule has 1 atom stereocenters. The molecule has 2 N–H and O–H groups in total. The summed E-state index contributed by atoms with van der Waals surface area (Å²) in [6.45, 7) is 2.27.